The Morgan fingerprint density at radius 2 is 1.28 bits per heavy atom. The highest BCUT2D eigenvalue weighted by atomic mass is 16.5. The molecule has 2 heterocycles. The molecule has 1 spiro atoms. The fourth-order valence-corrected chi connectivity index (χ4v) is 4.31. The van der Waals surface area contributed by atoms with E-state index in [1.807, 2.05) is 12.1 Å². The Labute approximate surface area is 175 Å². The molecule has 0 bridgehead atoms. The molecule has 2 aromatic carbocycles. The van der Waals surface area contributed by atoms with Crippen molar-refractivity contribution in [1.82, 2.24) is 0 Å². The summed E-state index contributed by atoms with van der Waals surface area (Å²) in [5.41, 5.74) is 2.61. The molecule has 1 unspecified atom stereocenters. The third kappa shape index (κ3) is 5.46. The molecule has 4 rings (SSSR count). The average molecular weight is 389 g/mol. The second-order valence-electron chi connectivity index (χ2n) is 9.30. The van der Waals surface area contributed by atoms with Crippen molar-refractivity contribution in [2.24, 2.45) is 5.41 Å². The molecule has 29 heavy (non-hydrogen) atoms. The molecule has 0 amide bonds. The molecular formula is C27H32O2. The summed E-state index contributed by atoms with van der Waals surface area (Å²) in [4.78, 5) is 0. The van der Waals surface area contributed by atoms with E-state index >= 15 is 0 Å². The molecule has 2 aromatic rings. The van der Waals surface area contributed by atoms with Gasteiger partial charge in [-0.3, -0.25) is 0 Å². The number of ether oxygens (including phenoxy) is 2. The van der Waals surface area contributed by atoms with Gasteiger partial charge in [0.05, 0.1) is 24.4 Å². The van der Waals surface area contributed by atoms with Crippen LogP contribution in [0, 0.1) is 5.41 Å². The first-order valence-corrected chi connectivity index (χ1v) is 10.8. The van der Waals surface area contributed by atoms with Crippen molar-refractivity contribution in [1.29, 1.82) is 0 Å². The molecule has 3 atom stereocenters. The van der Waals surface area contributed by atoms with Crippen LogP contribution in [0.15, 0.2) is 72.8 Å². The van der Waals surface area contributed by atoms with E-state index in [2.05, 4.69) is 86.7 Å². The van der Waals surface area contributed by atoms with Gasteiger partial charge < -0.3 is 9.47 Å². The minimum absolute atomic E-state index is 0.0654. The third-order valence-corrected chi connectivity index (χ3v) is 6.13. The Hall–Kier alpha value is -2.16. The lowest BCUT2D eigenvalue weighted by atomic mass is 9.74. The first-order chi connectivity index (χ1) is 14.0. The highest BCUT2D eigenvalue weighted by Gasteiger charge is 2.45. The van der Waals surface area contributed by atoms with Gasteiger partial charge >= 0.3 is 0 Å². The first kappa shape index (κ1) is 20.1. The van der Waals surface area contributed by atoms with Gasteiger partial charge in [-0.15, -0.1) is 0 Å². The quantitative estimate of drug-likeness (QED) is 0.592. The van der Waals surface area contributed by atoms with Gasteiger partial charge in [0.25, 0.3) is 0 Å². The molecule has 2 aliphatic heterocycles. The normalized spacial score (nSPS) is 29.6. The van der Waals surface area contributed by atoms with Crippen molar-refractivity contribution in [2.75, 3.05) is 6.61 Å². The maximum atomic E-state index is 6.54. The Morgan fingerprint density at radius 3 is 1.72 bits per heavy atom. The third-order valence-electron chi connectivity index (χ3n) is 6.13. The van der Waals surface area contributed by atoms with Crippen molar-refractivity contribution in [2.45, 2.75) is 57.3 Å². The number of benzene rings is 2. The zero-order valence-electron chi connectivity index (χ0n) is 17.6. The van der Waals surface area contributed by atoms with Gasteiger partial charge in [0.2, 0.25) is 0 Å². The second kappa shape index (κ2) is 8.69. The lowest BCUT2D eigenvalue weighted by Crippen LogP contribution is -2.50. The number of hydrogen-bond donors (Lipinski definition) is 0. The Morgan fingerprint density at radius 1 is 0.759 bits per heavy atom. The van der Waals surface area contributed by atoms with Crippen LogP contribution in [-0.4, -0.2) is 24.4 Å². The van der Waals surface area contributed by atoms with E-state index in [9.17, 15) is 0 Å². The largest absolute Gasteiger partial charge is 0.374 e. The molecule has 2 aliphatic rings. The molecule has 0 aromatic heterocycles. The summed E-state index contributed by atoms with van der Waals surface area (Å²) in [7, 11) is 0. The average Bonchev–Trinajstić information content (AvgIpc) is 2.75. The molecule has 2 nitrogen and oxygen atoms in total. The maximum absolute atomic E-state index is 6.54. The van der Waals surface area contributed by atoms with E-state index in [1.54, 1.807) is 0 Å². The summed E-state index contributed by atoms with van der Waals surface area (Å²) >= 11 is 0. The zero-order valence-corrected chi connectivity index (χ0v) is 17.6. The SMILES string of the molecule is CC1(C)CCC2(C[C@@H](/C=C/c3ccccc3)O[C@@H](/C=C/c3ccccc3)C2)OC1. The minimum Gasteiger partial charge on any atom is -0.374 e. The Balaban J connectivity index is 1.52. The lowest BCUT2D eigenvalue weighted by molar-refractivity contribution is -0.187. The summed E-state index contributed by atoms with van der Waals surface area (Å²) < 4.78 is 13.0. The van der Waals surface area contributed by atoms with Crippen molar-refractivity contribution < 1.29 is 9.47 Å². The van der Waals surface area contributed by atoms with Gasteiger partial charge in [0.15, 0.2) is 0 Å². The van der Waals surface area contributed by atoms with E-state index in [-0.39, 0.29) is 23.2 Å². The topological polar surface area (TPSA) is 18.5 Å². The number of hydrogen-bond acceptors (Lipinski definition) is 2. The monoisotopic (exact) mass is 388 g/mol. The predicted molar refractivity (Wildman–Crippen MR) is 121 cm³/mol. The van der Waals surface area contributed by atoms with Gasteiger partial charge in [-0.2, -0.15) is 0 Å². The molecule has 0 N–H and O–H groups in total. The fraction of sp³-hybridized carbons (Fsp3) is 0.407. The lowest BCUT2D eigenvalue weighted by Gasteiger charge is -2.49. The van der Waals surface area contributed by atoms with Crippen LogP contribution >= 0.6 is 0 Å². The molecule has 2 heteroatoms. The van der Waals surface area contributed by atoms with Crippen molar-refractivity contribution >= 4 is 12.2 Å². The second-order valence-corrected chi connectivity index (χ2v) is 9.30. The maximum Gasteiger partial charge on any atom is 0.0794 e. The summed E-state index contributed by atoms with van der Waals surface area (Å²) in [5.74, 6) is 0. The minimum atomic E-state index is -0.0782. The van der Waals surface area contributed by atoms with Crippen molar-refractivity contribution in [3.8, 4) is 0 Å². The molecule has 2 fully saturated rings. The van der Waals surface area contributed by atoms with Crippen LogP contribution in [0.1, 0.15) is 50.7 Å². The summed E-state index contributed by atoms with van der Waals surface area (Å²) in [6.07, 6.45) is 13.1. The van der Waals surface area contributed by atoms with Crippen LogP contribution in [0.3, 0.4) is 0 Å². The van der Waals surface area contributed by atoms with E-state index in [1.165, 1.54) is 17.5 Å². The van der Waals surface area contributed by atoms with Crippen LogP contribution in [0.4, 0.5) is 0 Å². The van der Waals surface area contributed by atoms with Crippen LogP contribution in [-0.2, 0) is 9.47 Å². The van der Waals surface area contributed by atoms with E-state index < -0.39 is 0 Å². The smallest absolute Gasteiger partial charge is 0.0794 e. The van der Waals surface area contributed by atoms with Gasteiger partial charge in [0, 0.05) is 12.8 Å². The fourth-order valence-electron chi connectivity index (χ4n) is 4.31. The van der Waals surface area contributed by atoms with E-state index in [4.69, 9.17) is 9.47 Å². The zero-order chi connectivity index (χ0) is 20.2. The van der Waals surface area contributed by atoms with Crippen LogP contribution < -0.4 is 0 Å². The molecular weight excluding hydrogens is 356 g/mol. The summed E-state index contributed by atoms with van der Waals surface area (Å²) in [6, 6.07) is 20.9. The van der Waals surface area contributed by atoms with Gasteiger partial charge in [-0.25, -0.2) is 0 Å². The van der Waals surface area contributed by atoms with Gasteiger partial charge in [-0.1, -0.05) is 98.8 Å². The molecule has 0 saturated carbocycles. The van der Waals surface area contributed by atoms with Gasteiger partial charge in [0.1, 0.15) is 0 Å². The Bertz CT molecular complexity index is 766. The molecule has 0 radical (unpaired) electrons. The van der Waals surface area contributed by atoms with Crippen molar-refractivity contribution in [3.63, 3.8) is 0 Å². The van der Waals surface area contributed by atoms with Crippen molar-refractivity contribution in [3.05, 3.63) is 83.9 Å². The molecule has 152 valence electrons. The summed E-state index contributed by atoms with van der Waals surface area (Å²) in [5, 5.41) is 0. The highest BCUT2D eigenvalue weighted by Crippen LogP contribution is 2.44. The van der Waals surface area contributed by atoms with Crippen LogP contribution in [0.2, 0.25) is 0 Å². The molecule has 0 aliphatic carbocycles. The van der Waals surface area contributed by atoms with E-state index in [0.717, 1.165) is 25.9 Å². The highest BCUT2D eigenvalue weighted by molar-refractivity contribution is 5.50. The Kier molecular flexibility index (Phi) is 6.03. The van der Waals surface area contributed by atoms with Crippen LogP contribution in [0.25, 0.3) is 12.2 Å². The van der Waals surface area contributed by atoms with Crippen LogP contribution in [0.5, 0.6) is 0 Å². The summed E-state index contributed by atoms with van der Waals surface area (Å²) in [6.45, 7) is 5.44. The standard InChI is InChI=1S/C27H32O2/c1-26(2)17-18-27(28-21-26)19-24(15-13-22-9-5-3-6-10-22)29-25(20-27)16-14-23-11-7-4-8-12-23/h3-16,24-25H,17-21H2,1-2H3/b15-13+,16-14+/t24-,25+,27?. The van der Waals surface area contributed by atoms with E-state index in [0.29, 0.717) is 0 Å². The predicted octanol–water partition coefficient (Wildman–Crippen LogP) is 6.54. The molecule has 2 saturated heterocycles. The first-order valence-electron chi connectivity index (χ1n) is 10.8. The van der Waals surface area contributed by atoms with Gasteiger partial charge in [-0.05, 0) is 29.4 Å². The number of rotatable bonds is 4.